The Balaban J connectivity index is 1.48. The Labute approximate surface area is 229 Å². The molecule has 1 N–H and O–H groups in total. The first-order valence-corrected chi connectivity index (χ1v) is 13.5. The highest BCUT2D eigenvalue weighted by atomic mass is 79.9. The van der Waals surface area contributed by atoms with Crippen molar-refractivity contribution in [3.8, 4) is 11.4 Å². The Hall–Kier alpha value is -3.92. The summed E-state index contributed by atoms with van der Waals surface area (Å²) in [6.07, 6.45) is 6.82. The number of amides is 2. The van der Waals surface area contributed by atoms with Gasteiger partial charge >= 0.3 is 0 Å². The van der Waals surface area contributed by atoms with Crippen molar-refractivity contribution in [2.45, 2.75) is 50.7 Å². The second-order valence-corrected chi connectivity index (χ2v) is 10.2. The minimum Gasteiger partial charge on any atom is -0.351 e. The summed E-state index contributed by atoms with van der Waals surface area (Å²) < 4.78 is 0.861. The Kier molecular flexibility index (Phi) is 8.18. The van der Waals surface area contributed by atoms with E-state index in [4.69, 9.17) is 0 Å². The highest BCUT2D eigenvalue weighted by Gasteiger charge is 2.35. The number of rotatable bonds is 8. The Morgan fingerprint density at radius 3 is 2.42 bits per heavy atom. The molecule has 2 aromatic heterocycles. The van der Waals surface area contributed by atoms with E-state index in [1.807, 2.05) is 48.5 Å². The fourth-order valence-electron chi connectivity index (χ4n) is 4.70. The summed E-state index contributed by atoms with van der Waals surface area (Å²) >= 11 is 3.46. The van der Waals surface area contributed by atoms with Crippen LogP contribution >= 0.6 is 15.9 Å². The van der Waals surface area contributed by atoms with E-state index in [-0.39, 0.29) is 24.4 Å². The lowest BCUT2D eigenvalue weighted by Crippen LogP contribution is -2.48. The molecule has 10 heteroatoms. The largest absolute Gasteiger partial charge is 0.351 e. The predicted molar refractivity (Wildman–Crippen MR) is 147 cm³/mol. The van der Waals surface area contributed by atoms with Gasteiger partial charge in [0.05, 0.1) is 5.69 Å². The molecule has 1 aliphatic rings. The molecule has 0 spiro atoms. The molecule has 0 unspecified atom stereocenters. The van der Waals surface area contributed by atoms with Crippen LogP contribution in [0.3, 0.4) is 0 Å². The van der Waals surface area contributed by atoms with Crippen molar-refractivity contribution in [1.82, 2.24) is 30.5 Å². The molecule has 2 amide bonds. The van der Waals surface area contributed by atoms with Gasteiger partial charge in [0.25, 0.3) is 5.91 Å². The van der Waals surface area contributed by atoms with Gasteiger partial charge in [0.1, 0.15) is 6.54 Å². The van der Waals surface area contributed by atoms with E-state index < -0.39 is 6.04 Å². The summed E-state index contributed by atoms with van der Waals surface area (Å²) in [4.78, 5) is 35.0. The van der Waals surface area contributed by atoms with Crippen molar-refractivity contribution in [2.75, 3.05) is 4.90 Å². The van der Waals surface area contributed by atoms with Crippen LogP contribution in [-0.2, 0) is 16.1 Å². The monoisotopic (exact) mass is 573 g/mol. The highest BCUT2D eigenvalue weighted by Crippen LogP contribution is 2.29. The van der Waals surface area contributed by atoms with Gasteiger partial charge in [-0.05, 0) is 54.5 Å². The molecule has 38 heavy (non-hydrogen) atoms. The molecule has 5 rings (SSSR count). The molecule has 0 bridgehead atoms. The number of halogens is 1. The number of hydrogen-bond donors (Lipinski definition) is 1. The minimum atomic E-state index is -0.969. The number of hydrogen-bond acceptors (Lipinski definition) is 6. The number of pyridine rings is 1. The number of carbonyl (C=O) groups is 2. The van der Waals surface area contributed by atoms with Crippen molar-refractivity contribution in [3.05, 3.63) is 89.2 Å². The molecule has 0 aliphatic heterocycles. The van der Waals surface area contributed by atoms with Gasteiger partial charge in [-0.2, -0.15) is 4.80 Å². The number of aromatic nitrogens is 5. The third-order valence-corrected chi connectivity index (χ3v) is 7.09. The van der Waals surface area contributed by atoms with E-state index >= 15 is 0 Å². The topological polar surface area (TPSA) is 106 Å². The van der Waals surface area contributed by atoms with Gasteiger partial charge < -0.3 is 5.32 Å². The molecule has 1 atom stereocenters. The van der Waals surface area contributed by atoms with Gasteiger partial charge in [-0.3, -0.25) is 19.5 Å². The van der Waals surface area contributed by atoms with Gasteiger partial charge in [0.15, 0.2) is 6.04 Å². The van der Waals surface area contributed by atoms with Crippen molar-refractivity contribution in [2.24, 2.45) is 0 Å². The zero-order valence-corrected chi connectivity index (χ0v) is 22.4. The normalized spacial score (nSPS) is 14.6. The van der Waals surface area contributed by atoms with Gasteiger partial charge in [-0.1, -0.05) is 71.6 Å². The standard InChI is InChI=1S/C28H28BrN7O2/c29-21-14-16-23(17-15-21)36(25(37)19-35-33-27(32-34-35)20-9-3-1-4-10-20)26(24-13-7-8-18-30-24)28(38)31-22-11-5-2-6-12-22/h1,3-4,7-10,13-18,22,26H,2,5-6,11-12,19H2,(H,31,38)/t26-/m0/s1. The maximum Gasteiger partial charge on any atom is 0.251 e. The van der Waals surface area contributed by atoms with Crippen molar-refractivity contribution in [1.29, 1.82) is 0 Å². The Morgan fingerprint density at radius 1 is 0.974 bits per heavy atom. The molecule has 194 valence electrons. The summed E-state index contributed by atoms with van der Waals surface area (Å²) in [5, 5.41) is 15.8. The first-order valence-electron chi connectivity index (χ1n) is 12.7. The van der Waals surface area contributed by atoms with Crippen LogP contribution in [0.25, 0.3) is 11.4 Å². The first kappa shape index (κ1) is 25.7. The van der Waals surface area contributed by atoms with Crippen LogP contribution in [0.2, 0.25) is 0 Å². The lowest BCUT2D eigenvalue weighted by atomic mass is 9.95. The van der Waals surface area contributed by atoms with Crippen LogP contribution in [0.5, 0.6) is 0 Å². The zero-order chi connectivity index (χ0) is 26.3. The van der Waals surface area contributed by atoms with Crippen molar-refractivity contribution in [3.63, 3.8) is 0 Å². The number of nitrogens with one attached hydrogen (secondary N) is 1. The van der Waals surface area contributed by atoms with Gasteiger partial charge in [-0.25, -0.2) is 0 Å². The van der Waals surface area contributed by atoms with E-state index in [2.05, 4.69) is 41.6 Å². The molecular formula is C28H28BrN7O2. The van der Waals surface area contributed by atoms with Crippen LogP contribution in [-0.4, -0.2) is 43.0 Å². The Bertz CT molecular complexity index is 1360. The maximum absolute atomic E-state index is 13.9. The van der Waals surface area contributed by atoms with E-state index in [9.17, 15) is 9.59 Å². The molecule has 9 nitrogen and oxygen atoms in total. The van der Waals surface area contributed by atoms with Crippen LogP contribution < -0.4 is 10.2 Å². The number of tetrazole rings is 1. The minimum absolute atomic E-state index is 0.0785. The van der Waals surface area contributed by atoms with Gasteiger partial charge in [0, 0.05) is 28.0 Å². The molecular weight excluding hydrogens is 546 g/mol. The summed E-state index contributed by atoms with van der Waals surface area (Å²) in [5.41, 5.74) is 1.85. The van der Waals surface area contributed by atoms with E-state index in [1.54, 1.807) is 30.5 Å². The quantitative estimate of drug-likeness (QED) is 0.327. The fourth-order valence-corrected chi connectivity index (χ4v) is 4.96. The average Bonchev–Trinajstić information content (AvgIpc) is 3.42. The smallest absolute Gasteiger partial charge is 0.251 e. The summed E-state index contributed by atoms with van der Waals surface area (Å²) in [5.74, 6) is -0.202. The van der Waals surface area contributed by atoms with Crippen molar-refractivity contribution < 1.29 is 9.59 Å². The third kappa shape index (κ3) is 6.13. The van der Waals surface area contributed by atoms with Crippen LogP contribution in [0.15, 0.2) is 83.5 Å². The molecule has 0 saturated heterocycles. The summed E-state index contributed by atoms with van der Waals surface area (Å²) in [7, 11) is 0. The van der Waals surface area contributed by atoms with Crippen LogP contribution in [0.4, 0.5) is 5.69 Å². The number of benzene rings is 2. The number of anilines is 1. The summed E-state index contributed by atoms with van der Waals surface area (Å²) in [6, 6.07) is 21.2. The van der Waals surface area contributed by atoms with E-state index in [1.165, 1.54) is 16.1 Å². The number of carbonyl (C=O) groups excluding carboxylic acids is 2. The second-order valence-electron chi connectivity index (χ2n) is 9.25. The fraction of sp³-hybridized carbons (Fsp3) is 0.286. The second kappa shape index (κ2) is 12.1. The molecule has 0 radical (unpaired) electrons. The Morgan fingerprint density at radius 2 is 1.71 bits per heavy atom. The zero-order valence-electron chi connectivity index (χ0n) is 20.8. The lowest BCUT2D eigenvalue weighted by molar-refractivity contribution is -0.127. The van der Waals surface area contributed by atoms with Crippen LogP contribution in [0.1, 0.15) is 43.8 Å². The van der Waals surface area contributed by atoms with Gasteiger partial charge in [-0.15, -0.1) is 10.2 Å². The maximum atomic E-state index is 13.9. The van der Waals surface area contributed by atoms with Gasteiger partial charge in [0.2, 0.25) is 11.7 Å². The molecule has 4 aromatic rings. The molecule has 1 aliphatic carbocycles. The SMILES string of the molecule is O=C(NC1CCCCC1)[C@H](c1ccccn1)N(C(=O)Cn1nnc(-c2ccccc2)n1)c1ccc(Br)cc1. The van der Waals surface area contributed by atoms with E-state index in [0.29, 0.717) is 17.2 Å². The van der Waals surface area contributed by atoms with E-state index in [0.717, 1.165) is 35.7 Å². The highest BCUT2D eigenvalue weighted by molar-refractivity contribution is 9.10. The molecule has 2 heterocycles. The molecule has 1 saturated carbocycles. The van der Waals surface area contributed by atoms with Crippen molar-refractivity contribution >= 4 is 33.4 Å². The predicted octanol–water partition coefficient (Wildman–Crippen LogP) is 4.72. The first-order chi connectivity index (χ1) is 18.6. The third-order valence-electron chi connectivity index (χ3n) is 6.56. The van der Waals surface area contributed by atoms with Crippen LogP contribution in [0, 0.1) is 0 Å². The molecule has 2 aromatic carbocycles. The average molecular weight is 574 g/mol. The summed E-state index contributed by atoms with van der Waals surface area (Å²) in [6.45, 7) is -0.198. The number of nitrogens with zero attached hydrogens (tertiary/aromatic N) is 6. The molecule has 1 fully saturated rings. The lowest BCUT2D eigenvalue weighted by Gasteiger charge is -2.32.